The summed E-state index contributed by atoms with van der Waals surface area (Å²) >= 11 is 11.7. The summed E-state index contributed by atoms with van der Waals surface area (Å²) < 4.78 is 28.7. The van der Waals surface area contributed by atoms with E-state index in [1.54, 1.807) is 24.3 Å². The average Bonchev–Trinajstić information content (AvgIpc) is 1.63. The van der Waals surface area contributed by atoms with E-state index in [-0.39, 0.29) is 22.5 Å². The van der Waals surface area contributed by atoms with Gasteiger partial charge >= 0.3 is 0 Å². The van der Waals surface area contributed by atoms with Crippen molar-refractivity contribution in [3.05, 3.63) is 140 Å². The summed E-state index contributed by atoms with van der Waals surface area (Å²) in [6.07, 6.45) is 58.0. The summed E-state index contributed by atoms with van der Waals surface area (Å²) in [7, 11) is 0. The van der Waals surface area contributed by atoms with E-state index in [1.807, 2.05) is 92.3 Å². The molecule has 2 nitrogen and oxygen atoms in total. The Bertz CT molecular complexity index is 3460. The normalized spacial score (nSPS) is 12.6. The van der Waals surface area contributed by atoms with Crippen molar-refractivity contribution in [2.24, 2.45) is 0 Å². The number of aromatic nitrogens is 2. The molecule has 10 heteroatoms. The van der Waals surface area contributed by atoms with E-state index >= 15 is 0 Å². The van der Waals surface area contributed by atoms with Crippen molar-refractivity contribution < 1.29 is 8.78 Å². The number of thiophene rings is 4. The van der Waals surface area contributed by atoms with Gasteiger partial charge in [0.1, 0.15) is 21.6 Å². The highest BCUT2D eigenvalue weighted by molar-refractivity contribution is 7.30. The lowest BCUT2D eigenvalue weighted by Gasteiger charge is -2.28. The van der Waals surface area contributed by atoms with Crippen LogP contribution in [0.3, 0.4) is 0 Å². The Hall–Kier alpha value is -3.64. The summed E-state index contributed by atoms with van der Waals surface area (Å²) in [5.41, 5.74) is 7.32. The summed E-state index contributed by atoms with van der Waals surface area (Å²) in [6, 6.07) is 28.8. The molecule has 8 aromatic rings. The van der Waals surface area contributed by atoms with Gasteiger partial charge in [-0.1, -0.05) is 311 Å². The molecule has 6 heterocycles. The van der Waals surface area contributed by atoms with Crippen LogP contribution in [0.4, 0.5) is 8.78 Å². The third-order valence-electron chi connectivity index (χ3n) is 21.4. The Morgan fingerprint density at radius 3 is 1.03 bits per heavy atom. The lowest BCUT2D eigenvalue weighted by atomic mass is 9.78. The van der Waals surface area contributed by atoms with Crippen molar-refractivity contribution in [1.82, 2.24) is 9.97 Å². The maximum atomic E-state index is 14.6. The minimum Gasteiger partial charge on any atom is -0.240 e. The maximum absolute atomic E-state index is 14.6. The van der Waals surface area contributed by atoms with Gasteiger partial charge < -0.3 is 0 Å². The number of halogens is 2. The first-order chi connectivity index (χ1) is 48.4. The lowest BCUT2D eigenvalue weighted by Crippen LogP contribution is -2.21. The van der Waals surface area contributed by atoms with Gasteiger partial charge in [-0.25, -0.2) is 18.7 Å². The molecule has 8 rings (SSSR count). The first kappa shape index (κ1) is 81.0. The van der Waals surface area contributed by atoms with E-state index in [2.05, 4.69) is 91.8 Å². The van der Waals surface area contributed by atoms with Crippen molar-refractivity contribution in [2.45, 2.75) is 355 Å². The topological polar surface area (TPSA) is 25.8 Å². The van der Waals surface area contributed by atoms with Crippen LogP contribution >= 0.6 is 68.0 Å². The molecular weight excluding hydrogens is 1330 g/mol. The Morgan fingerprint density at radius 1 is 0.293 bits per heavy atom. The van der Waals surface area contributed by atoms with Gasteiger partial charge in [-0.15, -0.1) is 68.0 Å². The molecule has 99 heavy (non-hydrogen) atoms. The predicted octanol–water partition coefficient (Wildman–Crippen LogP) is 32.4. The van der Waals surface area contributed by atoms with Crippen LogP contribution in [0, 0.1) is 11.6 Å². The number of thiazole rings is 2. The second kappa shape index (κ2) is 44.9. The molecule has 2 aromatic carbocycles. The zero-order chi connectivity index (χ0) is 69.9. The molecule has 0 amide bonds. The Kier molecular flexibility index (Phi) is 36.7. The Balaban J connectivity index is 1.16. The van der Waals surface area contributed by atoms with Crippen molar-refractivity contribution in [1.29, 1.82) is 0 Å². The maximum Gasteiger partial charge on any atom is 0.134 e. The number of rotatable bonds is 54. The van der Waals surface area contributed by atoms with Gasteiger partial charge in [-0.2, -0.15) is 0 Å². The Labute approximate surface area is 626 Å². The summed E-state index contributed by atoms with van der Waals surface area (Å²) in [5, 5.41) is 2.39. The number of benzene rings is 2. The molecule has 0 spiro atoms. The highest BCUT2D eigenvalue weighted by Gasteiger charge is 2.33. The first-order valence-electron chi connectivity index (χ1n) is 40.4. The standard InChI is InChI=1S/C89H128F2N2S6/c1-9-14-18-22-26-30-34-38-42-46-50-68-66-79(78-63-62-76(94-78)77-64-65-80(95-77)88(6,7)70-54-58-72(90)59-55-70)96-82(68)86-92-74(52-48-44-40-36-32-28-24-20-16-11-3)84(98-86)85-75(53-49-45-41-37-33-29-25-21-17-12-4)93-87(99-85)83-69(51-47-43-39-35-31-27-23-19-15-10-2)67-81(97-83)89(8,13-5)71-56-60-73(91)61-57-71/h54-67H,9-53H2,1-8H3. The highest BCUT2D eigenvalue weighted by atomic mass is 32.1. The smallest absolute Gasteiger partial charge is 0.134 e. The number of nitrogens with zero attached hydrogens (tertiary/aromatic N) is 2. The third kappa shape index (κ3) is 25.6. The van der Waals surface area contributed by atoms with Crippen LogP contribution in [0.15, 0.2) is 84.9 Å². The molecule has 0 fully saturated rings. The molecule has 544 valence electrons. The molecule has 0 N–H and O–H groups in total. The molecule has 0 bridgehead atoms. The van der Waals surface area contributed by atoms with E-state index < -0.39 is 0 Å². The summed E-state index contributed by atoms with van der Waals surface area (Å²) in [5.74, 6) is -0.368. The van der Waals surface area contributed by atoms with Crippen molar-refractivity contribution in [3.63, 3.8) is 0 Å². The molecular formula is C89H128F2N2S6. The van der Waals surface area contributed by atoms with Gasteiger partial charge in [-0.05, 0) is 141 Å². The van der Waals surface area contributed by atoms with Gasteiger partial charge in [0.2, 0.25) is 0 Å². The van der Waals surface area contributed by atoms with Crippen LogP contribution in [0.25, 0.3) is 49.0 Å². The second-order valence-corrected chi connectivity index (χ2v) is 36.2. The minimum absolute atomic E-state index is 0.175. The van der Waals surface area contributed by atoms with E-state index in [0.717, 1.165) is 50.5 Å². The monoisotopic (exact) mass is 1450 g/mol. The molecule has 0 saturated heterocycles. The molecule has 0 aliphatic heterocycles. The molecule has 0 aliphatic rings. The van der Waals surface area contributed by atoms with E-state index in [1.165, 1.54) is 331 Å². The molecule has 6 aromatic heterocycles. The van der Waals surface area contributed by atoms with Crippen molar-refractivity contribution >= 4 is 68.0 Å². The molecule has 1 unspecified atom stereocenters. The SMILES string of the molecule is CCCCCCCCCCCCc1cc(-c2ccc(-c3ccc(C(C)(C)c4ccc(F)cc4)s3)s2)sc1-c1nc(CCCCCCCCCCCC)c(-c2sc(-c3sc(C(C)(CC)c4ccc(F)cc4)cc3CCCCCCCCCCCC)nc2CCCCCCCCCCCC)s1. The fourth-order valence-electron chi connectivity index (χ4n) is 14.5. The van der Waals surface area contributed by atoms with Crippen LogP contribution in [0.5, 0.6) is 0 Å². The fraction of sp³-hybridized carbons (Fsp3) is 0.618. The van der Waals surface area contributed by atoms with Gasteiger partial charge in [0.25, 0.3) is 0 Å². The molecule has 0 aliphatic carbocycles. The minimum atomic E-state index is -0.246. The summed E-state index contributed by atoms with van der Waals surface area (Å²) in [6.45, 7) is 18.5. The molecule has 0 radical (unpaired) electrons. The van der Waals surface area contributed by atoms with Crippen LogP contribution in [-0.2, 0) is 36.5 Å². The second-order valence-electron chi connectivity index (χ2n) is 29.9. The van der Waals surface area contributed by atoms with Gasteiger partial charge in [-0.3, -0.25) is 0 Å². The third-order valence-corrected chi connectivity index (χ3v) is 29.5. The van der Waals surface area contributed by atoms with E-state index in [9.17, 15) is 8.78 Å². The number of aryl methyl sites for hydroxylation is 4. The van der Waals surface area contributed by atoms with Crippen LogP contribution < -0.4 is 0 Å². The lowest BCUT2D eigenvalue weighted by molar-refractivity contribution is 0.553. The van der Waals surface area contributed by atoms with Gasteiger partial charge in [0.05, 0.1) is 30.9 Å². The molecule has 1 atom stereocenters. The van der Waals surface area contributed by atoms with Crippen molar-refractivity contribution in [3.8, 4) is 49.0 Å². The van der Waals surface area contributed by atoms with E-state index in [0.29, 0.717) is 0 Å². The average molecular weight is 1460 g/mol. The van der Waals surface area contributed by atoms with Crippen LogP contribution in [0.1, 0.15) is 362 Å². The summed E-state index contributed by atoms with van der Waals surface area (Å²) in [4.78, 5) is 25.3. The fourth-order valence-corrected chi connectivity index (χ4v) is 22.1. The molecule has 0 saturated carbocycles. The largest absolute Gasteiger partial charge is 0.240 e. The zero-order valence-electron chi connectivity index (χ0n) is 63.0. The quantitative estimate of drug-likeness (QED) is 0.0355. The van der Waals surface area contributed by atoms with Gasteiger partial charge in [0.15, 0.2) is 0 Å². The predicted molar refractivity (Wildman–Crippen MR) is 440 cm³/mol. The van der Waals surface area contributed by atoms with Crippen LogP contribution in [-0.4, -0.2) is 9.97 Å². The van der Waals surface area contributed by atoms with Crippen LogP contribution in [0.2, 0.25) is 0 Å². The van der Waals surface area contributed by atoms with Crippen molar-refractivity contribution in [2.75, 3.05) is 0 Å². The Morgan fingerprint density at radius 2 is 0.626 bits per heavy atom. The first-order valence-corrected chi connectivity index (χ1v) is 45.3. The number of hydrogen-bond donors (Lipinski definition) is 0. The van der Waals surface area contributed by atoms with E-state index in [4.69, 9.17) is 9.97 Å². The van der Waals surface area contributed by atoms with Gasteiger partial charge in [0, 0.05) is 40.1 Å². The number of unbranched alkanes of at least 4 members (excludes halogenated alkanes) is 36. The highest BCUT2D eigenvalue weighted by Crippen LogP contribution is 2.52. The number of hydrogen-bond acceptors (Lipinski definition) is 8. The zero-order valence-corrected chi connectivity index (χ0v) is 67.9.